The monoisotopic (exact) mass is 258 g/mol. The predicted molar refractivity (Wildman–Crippen MR) is 66.5 cm³/mol. The first-order chi connectivity index (χ1) is 8.04. The molecule has 5 nitrogen and oxygen atoms in total. The fourth-order valence-corrected chi connectivity index (χ4v) is 1.80. The van der Waals surface area contributed by atoms with Crippen LogP contribution in [0.3, 0.4) is 0 Å². The Balaban J connectivity index is 2.41. The van der Waals surface area contributed by atoms with Crippen LogP contribution in [0.25, 0.3) is 0 Å². The summed E-state index contributed by atoms with van der Waals surface area (Å²) in [5.41, 5.74) is 0. The molecule has 0 unspecified atom stereocenters. The minimum Gasteiger partial charge on any atom is -0.494 e. The maximum absolute atomic E-state index is 11.0. The third kappa shape index (κ3) is 5.16. The number of sulfonamides is 1. The van der Waals surface area contributed by atoms with Gasteiger partial charge in [0.15, 0.2) is 0 Å². The van der Waals surface area contributed by atoms with Gasteiger partial charge in [0.05, 0.1) is 11.5 Å². The van der Waals surface area contributed by atoms with Gasteiger partial charge < -0.3 is 10.1 Å². The van der Waals surface area contributed by atoms with Crippen LogP contribution in [0, 0.1) is 0 Å². The first-order valence-electron chi connectivity index (χ1n) is 5.50. The van der Waals surface area contributed by atoms with Crippen LogP contribution in [-0.2, 0) is 10.0 Å². The van der Waals surface area contributed by atoms with E-state index in [1.54, 1.807) is 12.1 Å². The molecule has 1 rings (SSSR count). The van der Waals surface area contributed by atoms with Gasteiger partial charge in [0, 0.05) is 0 Å². The first-order valence-corrected chi connectivity index (χ1v) is 7.05. The lowest BCUT2D eigenvalue weighted by atomic mass is 10.3. The van der Waals surface area contributed by atoms with Crippen LogP contribution < -0.4 is 15.2 Å². The van der Waals surface area contributed by atoms with E-state index in [1.165, 1.54) is 12.1 Å². The van der Waals surface area contributed by atoms with Crippen molar-refractivity contribution in [2.45, 2.75) is 18.2 Å². The van der Waals surface area contributed by atoms with Gasteiger partial charge in [-0.2, -0.15) is 0 Å². The molecule has 0 atom stereocenters. The number of ether oxygens (including phenoxy) is 1. The molecule has 3 N–H and O–H groups in total. The Morgan fingerprint density at radius 2 is 1.94 bits per heavy atom. The van der Waals surface area contributed by atoms with Gasteiger partial charge >= 0.3 is 0 Å². The largest absolute Gasteiger partial charge is 0.494 e. The summed E-state index contributed by atoms with van der Waals surface area (Å²) in [6, 6.07) is 6.09. The highest BCUT2D eigenvalue weighted by atomic mass is 32.2. The highest BCUT2D eigenvalue weighted by molar-refractivity contribution is 7.89. The van der Waals surface area contributed by atoms with E-state index in [9.17, 15) is 8.42 Å². The van der Waals surface area contributed by atoms with E-state index in [1.807, 2.05) is 6.92 Å². The van der Waals surface area contributed by atoms with Gasteiger partial charge in [0.25, 0.3) is 0 Å². The molecular formula is C11H18N2O3S. The molecule has 0 aliphatic carbocycles. The van der Waals surface area contributed by atoms with Crippen LogP contribution in [0.2, 0.25) is 0 Å². The van der Waals surface area contributed by atoms with Gasteiger partial charge in [-0.15, -0.1) is 0 Å². The fourth-order valence-electron chi connectivity index (χ4n) is 1.29. The number of rotatable bonds is 7. The predicted octanol–water partition coefficient (Wildman–Crippen LogP) is 0.712. The SMILES string of the molecule is CCNCCCOc1ccc(S(N)(=O)=O)cc1. The number of hydrogen-bond acceptors (Lipinski definition) is 4. The molecule has 0 spiro atoms. The maximum atomic E-state index is 11.0. The number of benzene rings is 1. The van der Waals surface area contributed by atoms with E-state index in [-0.39, 0.29) is 4.90 Å². The molecule has 17 heavy (non-hydrogen) atoms. The second-order valence-electron chi connectivity index (χ2n) is 3.57. The van der Waals surface area contributed by atoms with E-state index >= 15 is 0 Å². The summed E-state index contributed by atoms with van der Waals surface area (Å²) in [5, 5.41) is 8.17. The van der Waals surface area contributed by atoms with Crippen LogP contribution in [0.5, 0.6) is 5.75 Å². The molecule has 0 aliphatic heterocycles. The average molecular weight is 258 g/mol. The van der Waals surface area contributed by atoms with Crippen molar-refractivity contribution in [2.24, 2.45) is 5.14 Å². The molecule has 0 saturated carbocycles. The Kier molecular flexibility index (Phi) is 5.40. The first kappa shape index (κ1) is 14.0. The Hall–Kier alpha value is -1.11. The van der Waals surface area contributed by atoms with E-state index < -0.39 is 10.0 Å². The Bertz CT molecular complexity index is 429. The van der Waals surface area contributed by atoms with Crippen LogP contribution in [0.4, 0.5) is 0 Å². The molecule has 1 aromatic carbocycles. The zero-order chi connectivity index (χ0) is 12.7. The molecule has 0 aliphatic rings. The van der Waals surface area contributed by atoms with Crippen LogP contribution >= 0.6 is 0 Å². The van der Waals surface area contributed by atoms with Crippen molar-refractivity contribution in [3.63, 3.8) is 0 Å². The molecule has 0 heterocycles. The molecule has 0 bridgehead atoms. The average Bonchev–Trinajstić information content (AvgIpc) is 2.28. The van der Waals surface area contributed by atoms with Crippen LogP contribution in [0.15, 0.2) is 29.2 Å². The van der Waals surface area contributed by atoms with Gasteiger partial charge in [-0.25, -0.2) is 13.6 Å². The number of hydrogen-bond donors (Lipinski definition) is 2. The third-order valence-electron chi connectivity index (χ3n) is 2.17. The Labute approximate surface area is 102 Å². The summed E-state index contributed by atoms with van der Waals surface area (Å²) in [6.07, 6.45) is 0.908. The number of primary sulfonamides is 1. The minimum atomic E-state index is -3.62. The normalized spacial score (nSPS) is 11.4. The van der Waals surface area contributed by atoms with E-state index in [0.29, 0.717) is 12.4 Å². The fraction of sp³-hybridized carbons (Fsp3) is 0.455. The molecule has 96 valence electrons. The standard InChI is InChI=1S/C11H18N2O3S/c1-2-13-8-3-9-16-10-4-6-11(7-5-10)17(12,14)15/h4-7,13H,2-3,8-9H2,1H3,(H2,12,14,15). The van der Waals surface area contributed by atoms with E-state index in [0.717, 1.165) is 19.5 Å². The van der Waals surface area contributed by atoms with Crippen molar-refractivity contribution in [2.75, 3.05) is 19.7 Å². The molecule has 6 heteroatoms. The molecule has 0 amide bonds. The lowest BCUT2D eigenvalue weighted by molar-refractivity contribution is 0.308. The Morgan fingerprint density at radius 1 is 1.29 bits per heavy atom. The second kappa shape index (κ2) is 6.58. The van der Waals surface area contributed by atoms with Gasteiger partial charge in [0.1, 0.15) is 5.75 Å². The maximum Gasteiger partial charge on any atom is 0.238 e. The summed E-state index contributed by atoms with van der Waals surface area (Å²) in [5.74, 6) is 0.647. The van der Waals surface area contributed by atoms with Gasteiger partial charge in [0.2, 0.25) is 10.0 Å². The van der Waals surface area contributed by atoms with Crippen molar-refractivity contribution in [1.82, 2.24) is 5.32 Å². The number of nitrogens with one attached hydrogen (secondary N) is 1. The van der Waals surface area contributed by atoms with E-state index in [2.05, 4.69) is 5.32 Å². The molecule has 1 aromatic rings. The highest BCUT2D eigenvalue weighted by Crippen LogP contribution is 2.14. The second-order valence-corrected chi connectivity index (χ2v) is 5.13. The molecular weight excluding hydrogens is 240 g/mol. The summed E-state index contributed by atoms with van der Waals surface area (Å²) >= 11 is 0. The van der Waals surface area contributed by atoms with Crippen molar-refractivity contribution < 1.29 is 13.2 Å². The molecule has 0 radical (unpaired) electrons. The summed E-state index contributed by atoms with van der Waals surface area (Å²) in [7, 11) is -3.62. The topological polar surface area (TPSA) is 81.4 Å². The molecule has 0 saturated heterocycles. The smallest absolute Gasteiger partial charge is 0.238 e. The summed E-state index contributed by atoms with van der Waals surface area (Å²) < 4.78 is 27.5. The van der Waals surface area contributed by atoms with E-state index in [4.69, 9.17) is 9.88 Å². The molecule has 0 fully saturated rings. The van der Waals surface area contributed by atoms with Crippen molar-refractivity contribution in [3.8, 4) is 5.75 Å². The summed E-state index contributed by atoms with van der Waals surface area (Å²) in [6.45, 7) is 4.50. The van der Waals surface area contributed by atoms with Crippen molar-refractivity contribution in [1.29, 1.82) is 0 Å². The zero-order valence-electron chi connectivity index (χ0n) is 9.85. The summed E-state index contributed by atoms with van der Waals surface area (Å²) in [4.78, 5) is 0.0949. The lowest BCUT2D eigenvalue weighted by Gasteiger charge is -2.06. The quantitative estimate of drug-likeness (QED) is 0.706. The third-order valence-corrected chi connectivity index (χ3v) is 3.10. The van der Waals surface area contributed by atoms with Gasteiger partial charge in [-0.05, 0) is 43.8 Å². The lowest BCUT2D eigenvalue weighted by Crippen LogP contribution is -2.16. The van der Waals surface area contributed by atoms with Crippen LogP contribution in [-0.4, -0.2) is 28.1 Å². The zero-order valence-corrected chi connectivity index (χ0v) is 10.7. The van der Waals surface area contributed by atoms with Gasteiger partial charge in [-0.3, -0.25) is 0 Å². The molecule has 0 aromatic heterocycles. The van der Waals surface area contributed by atoms with Crippen molar-refractivity contribution in [3.05, 3.63) is 24.3 Å². The number of nitrogens with two attached hydrogens (primary N) is 1. The Morgan fingerprint density at radius 3 is 2.47 bits per heavy atom. The van der Waals surface area contributed by atoms with Crippen LogP contribution in [0.1, 0.15) is 13.3 Å². The highest BCUT2D eigenvalue weighted by Gasteiger charge is 2.06. The van der Waals surface area contributed by atoms with Crippen molar-refractivity contribution >= 4 is 10.0 Å². The minimum absolute atomic E-state index is 0.0949. The van der Waals surface area contributed by atoms with Gasteiger partial charge in [-0.1, -0.05) is 6.92 Å².